The minimum Gasteiger partial charge on any atom is -0.462 e. The fraction of sp³-hybridized carbons (Fsp3) is 0.949. The monoisotopic (exact) mass is 919 g/mol. The highest BCUT2D eigenvalue weighted by atomic mass is 16.6. The Morgan fingerprint density at radius 3 is 0.754 bits per heavy atom. The Morgan fingerprint density at radius 1 is 0.292 bits per heavy atom. The summed E-state index contributed by atoms with van der Waals surface area (Å²) in [5.41, 5.74) is 0. The van der Waals surface area contributed by atoms with Gasteiger partial charge in [-0.3, -0.25) is 14.4 Å². The van der Waals surface area contributed by atoms with Gasteiger partial charge in [-0.15, -0.1) is 0 Å². The summed E-state index contributed by atoms with van der Waals surface area (Å²) in [5, 5.41) is 0. The van der Waals surface area contributed by atoms with Gasteiger partial charge in [-0.25, -0.2) is 0 Å². The van der Waals surface area contributed by atoms with Gasteiger partial charge in [-0.1, -0.05) is 297 Å². The largest absolute Gasteiger partial charge is 0.462 e. The van der Waals surface area contributed by atoms with Crippen molar-refractivity contribution in [1.29, 1.82) is 0 Å². The lowest BCUT2D eigenvalue weighted by Gasteiger charge is -2.18. The van der Waals surface area contributed by atoms with E-state index in [2.05, 4.69) is 27.7 Å². The SMILES string of the molecule is CCCCCCCCCCCCCCCCCCCCCC(=O)OC[C@@H](COC(=O)CCCCCCCCCCCCCCCCCCC)OC(=O)CCCCCCCCCCC(C)C. The highest BCUT2D eigenvalue weighted by Crippen LogP contribution is 2.18. The van der Waals surface area contributed by atoms with Gasteiger partial charge >= 0.3 is 17.9 Å². The molecule has 0 unspecified atom stereocenters. The normalized spacial score (nSPS) is 12.0. The first kappa shape index (κ1) is 63.4. The van der Waals surface area contributed by atoms with Crippen LogP contribution in [0.15, 0.2) is 0 Å². The predicted octanol–water partition coefficient (Wildman–Crippen LogP) is 19.4. The Labute approximate surface area is 406 Å². The molecule has 6 heteroatoms. The van der Waals surface area contributed by atoms with Gasteiger partial charge in [0.2, 0.25) is 0 Å². The zero-order valence-electron chi connectivity index (χ0n) is 44.5. The molecule has 0 aliphatic carbocycles. The highest BCUT2D eigenvalue weighted by Gasteiger charge is 2.19. The maximum Gasteiger partial charge on any atom is 0.306 e. The molecule has 0 aliphatic heterocycles. The van der Waals surface area contributed by atoms with Crippen LogP contribution in [-0.2, 0) is 28.6 Å². The molecule has 0 rings (SSSR count). The van der Waals surface area contributed by atoms with Gasteiger partial charge in [-0.2, -0.15) is 0 Å². The van der Waals surface area contributed by atoms with E-state index in [1.165, 1.54) is 231 Å². The van der Waals surface area contributed by atoms with Crippen LogP contribution in [0.5, 0.6) is 0 Å². The van der Waals surface area contributed by atoms with Crippen LogP contribution < -0.4 is 0 Å². The summed E-state index contributed by atoms with van der Waals surface area (Å²) in [6.07, 6.45) is 58.2. The van der Waals surface area contributed by atoms with E-state index in [-0.39, 0.29) is 31.1 Å². The molecule has 0 bridgehead atoms. The Bertz CT molecular complexity index is 980. The van der Waals surface area contributed by atoms with Crippen LogP contribution in [0.4, 0.5) is 0 Å². The topological polar surface area (TPSA) is 78.9 Å². The minimum absolute atomic E-state index is 0.0626. The molecule has 0 aromatic heterocycles. The third kappa shape index (κ3) is 53.2. The number of unbranched alkanes of at least 4 members (excludes halogenated alkanes) is 41. The molecule has 0 spiro atoms. The zero-order chi connectivity index (χ0) is 47.4. The van der Waals surface area contributed by atoms with Crippen molar-refractivity contribution < 1.29 is 28.6 Å². The van der Waals surface area contributed by atoms with E-state index in [0.717, 1.165) is 63.7 Å². The van der Waals surface area contributed by atoms with E-state index < -0.39 is 6.10 Å². The average molecular weight is 920 g/mol. The third-order valence-corrected chi connectivity index (χ3v) is 13.5. The third-order valence-electron chi connectivity index (χ3n) is 13.5. The number of hydrogen-bond acceptors (Lipinski definition) is 6. The molecule has 0 amide bonds. The zero-order valence-corrected chi connectivity index (χ0v) is 44.5. The van der Waals surface area contributed by atoms with Crippen LogP contribution in [-0.4, -0.2) is 37.2 Å². The summed E-state index contributed by atoms with van der Waals surface area (Å²) in [6, 6.07) is 0. The van der Waals surface area contributed by atoms with Crippen molar-refractivity contribution in [3.8, 4) is 0 Å². The van der Waals surface area contributed by atoms with E-state index in [9.17, 15) is 14.4 Å². The highest BCUT2D eigenvalue weighted by molar-refractivity contribution is 5.71. The number of ether oxygens (including phenoxy) is 3. The fourth-order valence-corrected chi connectivity index (χ4v) is 9.10. The van der Waals surface area contributed by atoms with Crippen LogP contribution >= 0.6 is 0 Å². The Kier molecular flexibility index (Phi) is 52.1. The van der Waals surface area contributed by atoms with Crippen LogP contribution in [0.3, 0.4) is 0 Å². The Balaban J connectivity index is 4.22. The summed E-state index contributed by atoms with van der Waals surface area (Å²) in [6.45, 7) is 9.03. The van der Waals surface area contributed by atoms with Crippen molar-refractivity contribution in [3.63, 3.8) is 0 Å². The van der Waals surface area contributed by atoms with Gasteiger partial charge in [0.25, 0.3) is 0 Å². The van der Waals surface area contributed by atoms with Crippen molar-refractivity contribution >= 4 is 17.9 Å². The Morgan fingerprint density at radius 2 is 0.508 bits per heavy atom. The van der Waals surface area contributed by atoms with Gasteiger partial charge in [0.15, 0.2) is 6.10 Å². The van der Waals surface area contributed by atoms with Crippen LogP contribution in [0.25, 0.3) is 0 Å². The average Bonchev–Trinajstić information content (AvgIpc) is 3.29. The van der Waals surface area contributed by atoms with E-state index in [1.54, 1.807) is 0 Å². The first-order valence-corrected chi connectivity index (χ1v) is 29.4. The van der Waals surface area contributed by atoms with Crippen molar-refractivity contribution in [2.75, 3.05) is 13.2 Å². The van der Waals surface area contributed by atoms with E-state index in [0.29, 0.717) is 19.3 Å². The van der Waals surface area contributed by atoms with Gasteiger partial charge in [0.05, 0.1) is 0 Å². The number of carbonyl (C=O) groups excluding carboxylic acids is 3. The van der Waals surface area contributed by atoms with Crippen LogP contribution in [0.1, 0.15) is 336 Å². The lowest BCUT2D eigenvalue weighted by Crippen LogP contribution is -2.30. The second-order valence-electron chi connectivity index (χ2n) is 20.8. The maximum atomic E-state index is 12.8. The van der Waals surface area contributed by atoms with E-state index in [4.69, 9.17) is 14.2 Å². The standard InChI is InChI=1S/C59H114O6/c1-5-7-9-11-13-15-17-19-21-23-24-26-28-30-32-34-39-43-47-51-58(61)64-54-56(65-59(62)52-48-44-40-36-35-37-41-45-49-55(3)4)53-63-57(60)50-46-42-38-33-31-29-27-25-22-20-18-16-14-12-10-8-6-2/h55-56H,5-54H2,1-4H3/t56-/m1/s1. The van der Waals surface area contributed by atoms with Crippen molar-refractivity contribution in [2.24, 2.45) is 5.92 Å². The van der Waals surface area contributed by atoms with Gasteiger partial charge in [0, 0.05) is 19.3 Å². The molecule has 6 nitrogen and oxygen atoms in total. The summed E-state index contributed by atoms with van der Waals surface area (Å²) < 4.78 is 16.9. The lowest BCUT2D eigenvalue weighted by atomic mass is 10.0. The predicted molar refractivity (Wildman–Crippen MR) is 280 cm³/mol. The molecule has 0 saturated carbocycles. The smallest absolute Gasteiger partial charge is 0.306 e. The molecule has 0 heterocycles. The second-order valence-corrected chi connectivity index (χ2v) is 20.8. The molecule has 0 aromatic carbocycles. The van der Waals surface area contributed by atoms with Crippen molar-refractivity contribution in [1.82, 2.24) is 0 Å². The molecular formula is C59H114O6. The molecule has 386 valence electrons. The molecule has 1 atom stereocenters. The molecule has 0 aliphatic rings. The van der Waals surface area contributed by atoms with Crippen LogP contribution in [0.2, 0.25) is 0 Å². The maximum absolute atomic E-state index is 12.8. The van der Waals surface area contributed by atoms with E-state index in [1.807, 2.05) is 0 Å². The second kappa shape index (κ2) is 53.4. The van der Waals surface area contributed by atoms with Gasteiger partial charge in [0.1, 0.15) is 13.2 Å². The van der Waals surface area contributed by atoms with Crippen LogP contribution in [0, 0.1) is 5.92 Å². The number of carbonyl (C=O) groups is 3. The first-order chi connectivity index (χ1) is 31.9. The van der Waals surface area contributed by atoms with Gasteiger partial charge in [-0.05, 0) is 25.2 Å². The summed E-state index contributed by atoms with van der Waals surface area (Å²) in [4.78, 5) is 38.1. The molecule has 0 N–H and O–H groups in total. The summed E-state index contributed by atoms with van der Waals surface area (Å²) in [5.74, 6) is -0.0449. The fourth-order valence-electron chi connectivity index (χ4n) is 9.10. The first-order valence-electron chi connectivity index (χ1n) is 29.4. The van der Waals surface area contributed by atoms with Crippen molar-refractivity contribution in [2.45, 2.75) is 342 Å². The Hall–Kier alpha value is -1.59. The molecular weight excluding hydrogens is 805 g/mol. The lowest BCUT2D eigenvalue weighted by molar-refractivity contribution is -0.167. The number of hydrogen-bond donors (Lipinski definition) is 0. The van der Waals surface area contributed by atoms with E-state index >= 15 is 0 Å². The van der Waals surface area contributed by atoms with Gasteiger partial charge < -0.3 is 14.2 Å². The number of rotatable bonds is 54. The minimum atomic E-state index is -0.762. The molecule has 0 aromatic rings. The number of esters is 3. The molecule has 65 heavy (non-hydrogen) atoms. The summed E-state index contributed by atoms with van der Waals surface area (Å²) in [7, 11) is 0. The molecule has 0 radical (unpaired) electrons. The quantitative estimate of drug-likeness (QED) is 0.0344. The summed E-state index contributed by atoms with van der Waals surface area (Å²) >= 11 is 0. The van der Waals surface area contributed by atoms with Crippen molar-refractivity contribution in [3.05, 3.63) is 0 Å². The molecule has 0 saturated heterocycles. The molecule has 0 fully saturated rings.